The second-order valence-corrected chi connectivity index (χ2v) is 6.55. The van der Waals surface area contributed by atoms with Crippen LogP contribution in [-0.2, 0) is 0 Å². The Hall–Kier alpha value is -1.03. The molecule has 0 aliphatic rings. The van der Waals surface area contributed by atoms with Crippen molar-refractivity contribution < 1.29 is 4.74 Å². The highest BCUT2D eigenvalue weighted by Crippen LogP contribution is 2.38. The summed E-state index contributed by atoms with van der Waals surface area (Å²) in [7, 11) is 1.71. The van der Waals surface area contributed by atoms with Crippen LogP contribution in [0.4, 0.5) is 0 Å². The molecule has 21 heavy (non-hydrogen) atoms. The second kappa shape index (κ2) is 7.30. The lowest BCUT2D eigenvalue weighted by atomic mass is 9.99. The first-order valence-electron chi connectivity index (χ1n) is 7.19. The lowest BCUT2D eigenvalue weighted by Crippen LogP contribution is -2.23. The second-order valence-electron chi connectivity index (χ2n) is 5.20. The van der Waals surface area contributed by atoms with E-state index in [1.54, 1.807) is 18.4 Å². The van der Waals surface area contributed by atoms with Crippen LogP contribution in [0.25, 0.3) is 0 Å². The summed E-state index contributed by atoms with van der Waals surface area (Å²) in [4.78, 5) is 1.18. The third-order valence-corrected chi connectivity index (χ3v) is 4.95. The maximum Gasteiger partial charge on any atom is 0.134 e. The van der Waals surface area contributed by atoms with Crippen LogP contribution in [0.3, 0.4) is 0 Å². The SMILES string of the molecule is CCCNC(c1cc(C)c(C)cc1Cl)c1sccc1OC. The number of thiophene rings is 1. The van der Waals surface area contributed by atoms with E-state index < -0.39 is 0 Å². The van der Waals surface area contributed by atoms with Crippen molar-refractivity contribution in [3.63, 3.8) is 0 Å². The van der Waals surface area contributed by atoms with Crippen molar-refractivity contribution in [3.8, 4) is 5.75 Å². The van der Waals surface area contributed by atoms with Crippen molar-refractivity contribution in [1.82, 2.24) is 5.32 Å². The van der Waals surface area contributed by atoms with Crippen LogP contribution in [0.15, 0.2) is 23.6 Å². The highest BCUT2D eigenvalue weighted by atomic mass is 35.5. The third-order valence-electron chi connectivity index (χ3n) is 3.66. The van der Waals surface area contributed by atoms with Gasteiger partial charge < -0.3 is 10.1 Å². The van der Waals surface area contributed by atoms with Gasteiger partial charge in [0.25, 0.3) is 0 Å². The van der Waals surface area contributed by atoms with Crippen LogP contribution in [0.5, 0.6) is 5.75 Å². The molecule has 1 N–H and O–H groups in total. The summed E-state index contributed by atoms with van der Waals surface area (Å²) in [6, 6.07) is 6.32. The van der Waals surface area contributed by atoms with Gasteiger partial charge in [0, 0.05) is 5.02 Å². The average molecular weight is 324 g/mol. The Labute approximate surface area is 136 Å². The Kier molecular flexibility index (Phi) is 5.68. The zero-order chi connectivity index (χ0) is 15.4. The Balaban J connectivity index is 2.48. The maximum atomic E-state index is 6.51. The van der Waals surface area contributed by atoms with Crippen molar-refractivity contribution in [3.05, 3.63) is 50.2 Å². The topological polar surface area (TPSA) is 21.3 Å². The molecule has 1 heterocycles. The molecule has 2 nitrogen and oxygen atoms in total. The fraction of sp³-hybridized carbons (Fsp3) is 0.412. The van der Waals surface area contributed by atoms with Crippen molar-refractivity contribution in [2.24, 2.45) is 0 Å². The summed E-state index contributed by atoms with van der Waals surface area (Å²) >= 11 is 8.21. The molecule has 1 aromatic heterocycles. The fourth-order valence-corrected chi connectivity index (χ4v) is 3.62. The highest BCUT2D eigenvalue weighted by Gasteiger charge is 2.22. The first-order chi connectivity index (χ1) is 10.1. The third kappa shape index (κ3) is 3.60. The number of hydrogen-bond donors (Lipinski definition) is 1. The lowest BCUT2D eigenvalue weighted by molar-refractivity contribution is 0.407. The minimum Gasteiger partial charge on any atom is -0.496 e. The van der Waals surface area contributed by atoms with Gasteiger partial charge >= 0.3 is 0 Å². The van der Waals surface area contributed by atoms with Crippen LogP contribution >= 0.6 is 22.9 Å². The molecule has 0 amide bonds. The number of methoxy groups -OCH3 is 1. The Bertz CT molecular complexity index is 609. The monoisotopic (exact) mass is 323 g/mol. The summed E-state index contributed by atoms with van der Waals surface area (Å²) in [6.45, 7) is 7.32. The zero-order valence-corrected chi connectivity index (χ0v) is 14.6. The van der Waals surface area contributed by atoms with E-state index in [4.69, 9.17) is 16.3 Å². The van der Waals surface area contributed by atoms with Crippen molar-refractivity contribution in [1.29, 1.82) is 0 Å². The van der Waals surface area contributed by atoms with Gasteiger partial charge in [-0.25, -0.2) is 0 Å². The number of rotatable bonds is 6. The molecule has 0 saturated carbocycles. The minimum atomic E-state index is 0.0756. The van der Waals surface area contributed by atoms with E-state index in [9.17, 15) is 0 Å². The molecule has 0 spiro atoms. The highest BCUT2D eigenvalue weighted by molar-refractivity contribution is 7.10. The molecular weight excluding hydrogens is 302 g/mol. The molecule has 1 unspecified atom stereocenters. The van der Waals surface area contributed by atoms with Gasteiger partial charge in [-0.1, -0.05) is 24.6 Å². The van der Waals surface area contributed by atoms with Gasteiger partial charge in [-0.2, -0.15) is 0 Å². The van der Waals surface area contributed by atoms with E-state index in [2.05, 4.69) is 37.5 Å². The number of benzene rings is 1. The van der Waals surface area contributed by atoms with Gasteiger partial charge in [0.15, 0.2) is 0 Å². The molecule has 0 aliphatic carbocycles. The molecule has 2 aromatic rings. The van der Waals surface area contributed by atoms with E-state index in [1.165, 1.54) is 16.0 Å². The molecule has 0 saturated heterocycles. The van der Waals surface area contributed by atoms with Gasteiger partial charge in [0.05, 0.1) is 18.0 Å². The van der Waals surface area contributed by atoms with E-state index in [0.717, 1.165) is 29.3 Å². The summed E-state index contributed by atoms with van der Waals surface area (Å²) in [5.41, 5.74) is 3.60. The summed E-state index contributed by atoms with van der Waals surface area (Å²) < 4.78 is 5.49. The smallest absolute Gasteiger partial charge is 0.134 e. The minimum absolute atomic E-state index is 0.0756. The summed E-state index contributed by atoms with van der Waals surface area (Å²) in [6.07, 6.45) is 1.08. The normalized spacial score (nSPS) is 12.4. The molecule has 1 aromatic carbocycles. The molecule has 114 valence electrons. The molecule has 4 heteroatoms. The first-order valence-corrected chi connectivity index (χ1v) is 8.45. The zero-order valence-electron chi connectivity index (χ0n) is 13.0. The molecule has 0 radical (unpaired) electrons. The Morgan fingerprint density at radius 1 is 1.29 bits per heavy atom. The van der Waals surface area contributed by atoms with E-state index in [1.807, 2.05) is 12.1 Å². The Morgan fingerprint density at radius 2 is 2.00 bits per heavy atom. The van der Waals surface area contributed by atoms with Gasteiger partial charge in [-0.05, 0) is 61.0 Å². The molecule has 0 fully saturated rings. The van der Waals surface area contributed by atoms with Crippen LogP contribution in [0.1, 0.15) is 41.0 Å². The molecule has 0 aliphatic heterocycles. The Morgan fingerprint density at radius 3 is 2.67 bits per heavy atom. The van der Waals surface area contributed by atoms with Crippen molar-refractivity contribution >= 4 is 22.9 Å². The van der Waals surface area contributed by atoms with E-state index in [-0.39, 0.29) is 6.04 Å². The number of halogens is 1. The number of ether oxygens (including phenoxy) is 1. The molecule has 1 atom stereocenters. The van der Waals surface area contributed by atoms with Crippen LogP contribution < -0.4 is 10.1 Å². The number of aryl methyl sites for hydroxylation is 2. The fourth-order valence-electron chi connectivity index (χ4n) is 2.35. The van der Waals surface area contributed by atoms with Crippen molar-refractivity contribution in [2.45, 2.75) is 33.2 Å². The molecule has 0 bridgehead atoms. The maximum absolute atomic E-state index is 6.51. The van der Waals surface area contributed by atoms with Gasteiger partial charge in [0.2, 0.25) is 0 Å². The standard InChI is InChI=1S/C17H22ClNOS/c1-5-7-19-16(17-15(20-4)6-8-21-17)13-9-11(2)12(3)10-14(13)18/h6,8-10,16,19H,5,7H2,1-4H3. The summed E-state index contributed by atoms with van der Waals surface area (Å²) in [5.74, 6) is 0.919. The van der Waals surface area contributed by atoms with E-state index in [0.29, 0.717) is 0 Å². The van der Waals surface area contributed by atoms with Gasteiger partial charge in [-0.3, -0.25) is 0 Å². The lowest BCUT2D eigenvalue weighted by Gasteiger charge is -2.21. The molecule has 2 rings (SSSR count). The predicted octanol–water partition coefficient (Wildman–Crippen LogP) is 5.12. The number of nitrogens with one attached hydrogen (secondary N) is 1. The molecular formula is C17H22ClNOS. The van der Waals surface area contributed by atoms with Crippen LogP contribution in [0.2, 0.25) is 5.02 Å². The van der Waals surface area contributed by atoms with Crippen molar-refractivity contribution in [2.75, 3.05) is 13.7 Å². The quantitative estimate of drug-likeness (QED) is 0.797. The van der Waals surface area contributed by atoms with E-state index >= 15 is 0 Å². The van der Waals surface area contributed by atoms with Gasteiger partial charge in [0.1, 0.15) is 5.75 Å². The predicted molar refractivity (Wildman–Crippen MR) is 91.9 cm³/mol. The first kappa shape index (κ1) is 16.3. The summed E-state index contributed by atoms with van der Waals surface area (Å²) in [5, 5.41) is 6.46. The largest absolute Gasteiger partial charge is 0.496 e. The average Bonchev–Trinajstić information content (AvgIpc) is 2.93. The van der Waals surface area contributed by atoms with Crippen LogP contribution in [0, 0.1) is 13.8 Å². The number of hydrogen-bond acceptors (Lipinski definition) is 3. The van der Waals surface area contributed by atoms with Gasteiger partial charge in [-0.15, -0.1) is 11.3 Å². The van der Waals surface area contributed by atoms with Crippen LogP contribution in [-0.4, -0.2) is 13.7 Å².